The van der Waals surface area contributed by atoms with Gasteiger partial charge in [-0.15, -0.1) is 0 Å². The molecule has 2 amide bonds. The molecule has 3 N–H and O–H groups in total. The van der Waals surface area contributed by atoms with Gasteiger partial charge in [-0.25, -0.2) is 4.98 Å². The van der Waals surface area contributed by atoms with E-state index in [0.29, 0.717) is 48.9 Å². The number of nitrogens with one attached hydrogen (secondary N) is 2. The number of benzene rings is 2. The lowest BCUT2D eigenvalue weighted by molar-refractivity contribution is 0.0713. The van der Waals surface area contributed by atoms with Crippen molar-refractivity contribution in [2.24, 2.45) is 0 Å². The van der Waals surface area contributed by atoms with Crippen LogP contribution in [0.25, 0.3) is 0 Å². The average Bonchev–Trinajstić information content (AvgIpc) is 2.92. The summed E-state index contributed by atoms with van der Waals surface area (Å²) in [5, 5.41) is 15.5. The van der Waals surface area contributed by atoms with E-state index in [4.69, 9.17) is 0 Å². The van der Waals surface area contributed by atoms with E-state index >= 15 is 0 Å². The highest BCUT2D eigenvalue weighted by atomic mass is 16.3. The molecule has 0 unspecified atom stereocenters. The van der Waals surface area contributed by atoms with E-state index in [9.17, 15) is 14.7 Å². The summed E-state index contributed by atoms with van der Waals surface area (Å²) < 4.78 is 0. The fraction of sp³-hybridized carbons (Fsp3) is 0.345. The largest absolute Gasteiger partial charge is 0.389 e. The minimum Gasteiger partial charge on any atom is -0.389 e. The van der Waals surface area contributed by atoms with Crippen molar-refractivity contribution in [2.45, 2.75) is 31.8 Å². The Hall–Kier alpha value is -3.91. The third kappa shape index (κ3) is 5.44. The van der Waals surface area contributed by atoms with Crippen molar-refractivity contribution < 1.29 is 14.7 Å². The molecule has 2 fully saturated rings. The lowest BCUT2D eigenvalue weighted by Crippen LogP contribution is -2.51. The molecule has 2 aromatic carbocycles. The molecule has 1 aromatic heterocycles. The predicted molar refractivity (Wildman–Crippen MR) is 145 cm³/mol. The summed E-state index contributed by atoms with van der Waals surface area (Å²) in [6.07, 6.45) is 3.15. The Kier molecular flexibility index (Phi) is 7.10. The van der Waals surface area contributed by atoms with Crippen molar-refractivity contribution in [1.82, 2.24) is 9.88 Å². The molecule has 192 valence electrons. The summed E-state index contributed by atoms with van der Waals surface area (Å²) in [4.78, 5) is 34.6. The van der Waals surface area contributed by atoms with Gasteiger partial charge < -0.3 is 25.5 Å². The summed E-state index contributed by atoms with van der Waals surface area (Å²) in [5.41, 5.74) is 4.78. The first-order valence-corrected chi connectivity index (χ1v) is 12.8. The SMILES string of the molecule is CNc1ccc(C2CCN(C(=O)c3ccc(C)c(C(=O)Nc4ccc(N5CC(O)C5)nc4)c3)CC2)cc1. The average molecular weight is 500 g/mol. The molecule has 0 aliphatic carbocycles. The van der Waals surface area contributed by atoms with Gasteiger partial charge in [0.1, 0.15) is 5.82 Å². The summed E-state index contributed by atoms with van der Waals surface area (Å²) in [6.45, 7) is 4.39. The van der Waals surface area contributed by atoms with Crippen LogP contribution < -0.4 is 15.5 Å². The number of hydrogen-bond acceptors (Lipinski definition) is 6. The second kappa shape index (κ2) is 10.6. The zero-order chi connectivity index (χ0) is 25.9. The molecule has 0 radical (unpaired) electrons. The van der Waals surface area contributed by atoms with Gasteiger partial charge in [-0.05, 0) is 73.2 Å². The van der Waals surface area contributed by atoms with Crippen LogP contribution >= 0.6 is 0 Å². The molecule has 2 aliphatic heterocycles. The van der Waals surface area contributed by atoms with Gasteiger partial charge in [-0.3, -0.25) is 9.59 Å². The Morgan fingerprint density at radius 2 is 1.68 bits per heavy atom. The fourth-order valence-electron chi connectivity index (χ4n) is 5.01. The minimum absolute atomic E-state index is 0.0409. The normalized spacial score (nSPS) is 16.3. The summed E-state index contributed by atoms with van der Waals surface area (Å²) in [7, 11) is 1.91. The van der Waals surface area contributed by atoms with Crippen molar-refractivity contribution >= 4 is 29.0 Å². The fourth-order valence-corrected chi connectivity index (χ4v) is 5.01. The van der Waals surface area contributed by atoms with E-state index in [1.165, 1.54) is 5.56 Å². The van der Waals surface area contributed by atoms with Gasteiger partial charge in [-0.2, -0.15) is 0 Å². The van der Waals surface area contributed by atoms with E-state index in [1.54, 1.807) is 24.4 Å². The first-order valence-electron chi connectivity index (χ1n) is 12.8. The van der Waals surface area contributed by atoms with Crippen molar-refractivity contribution in [2.75, 3.05) is 48.8 Å². The summed E-state index contributed by atoms with van der Waals surface area (Å²) >= 11 is 0. The number of β-amino-alcohol motifs (C(OH)–C–C–N with tert-alkyl or cyclic N) is 1. The summed E-state index contributed by atoms with van der Waals surface area (Å²) in [6, 6.07) is 17.5. The lowest BCUT2D eigenvalue weighted by atomic mass is 9.89. The van der Waals surface area contributed by atoms with Crippen LogP contribution in [0, 0.1) is 6.92 Å². The highest BCUT2D eigenvalue weighted by molar-refractivity contribution is 6.07. The number of carbonyl (C=O) groups is 2. The molecule has 0 saturated carbocycles. The van der Waals surface area contributed by atoms with Crippen molar-refractivity contribution in [3.8, 4) is 0 Å². The quantitative estimate of drug-likeness (QED) is 0.476. The number of amides is 2. The van der Waals surface area contributed by atoms with E-state index in [-0.39, 0.29) is 17.9 Å². The van der Waals surface area contributed by atoms with Crippen LogP contribution in [0.2, 0.25) is 0 Å². The third-order valence-corrected chi connectivity index (χ3v) is 7.37. The number of aryl methyl sites for hydroxylation is 1. The van der Waals surface area contributed by atoms with Crippen molar-refractivity contribution in [3.63, 3.8) is 0 Å². The second-order valence-electron chi connectivity index (χ2n) is 9.89. The van der Waals surface area contributed by atoms with Gasteiger partial charge in [-0.1, -0.05) is 18.2 Å². The number of likely N-dealkylation sites (tertiary alicyclic amines) is 1. The van der Waals surface area contributed by atoms with Gasteiger partial charge in [0.15, 0.2) is 0 Å². The Morgan fingerprint density at radius 1 is 0.973 bits per heavy atom. The van der Waals surface area contributed by atoms with Crippen LogP contribution in [0.15, 0.2) is 60.8 Å². The number of anilines is 3. The standard InChI is InChI=1S/C29H33N5O3/c1-19-3-4-22(29(37)33-13-11-21(12-14-33)20-5-7-23(30-2)8-6-20)15-26(19)28(36)32-24-9-10-27(31-16-24)34-17-25(35)18-34/h3-10,15-16,21,25,30,35H,11-14,17-18H2,1-2H3,(H,32,36). The van der Waals surface area contributed by atoms with E-state index in [2.05, 4.69) is 39.9 Å². The second-order valence-corrected chi connectivity index (χ2v) is 9.89. The van der Waals surface area contributed by atoms with Crippen LogP contribution in [0.5, 0.6) is 0 Å². The maximum atomic E-state index is 13.3. The van der Waals surface area contributed by atoms with Crippen LogP contribution in [0.3, 0.4) is 0 Å². The Morgan fingerprint density at radius 3 is 2.30 bits per heavy atom. The molecule has 2 aliphatic rings. The number of aliphatic hydroxyl groups is 1. The molecule has 3 aromatic rings. The number of hydrogen-bond donors (Lipinski definition) is 3. The molecule has 0 bridgehead atoms. The van der Waals surface area contributed by atoms with E-state index in [1.807, 2.05) is 35.9 Å². The molecule has 2 saturated heterocycles. The van der Waals surface area contributed by atoms with Crippen LogP contribution in [0.1, 0.15) is 50.6 Å². The zero-order valence-corrected chi connectivity index (χ0v) is 21.3. The predicted octanol–water partition coefficient (Wildman–Crippen LogP) is 3.88. The molecule has 37 heavy (non-hydrogen) atoms. The molecular formula is C29H33N5O3. The van der Waals surface area contributed by atoms with Crippen LogP contribution in [-0.2, 0) is 0 Å². The zero-order valence-electron chi connectivity index (χ0n) is 21.3. The molecule has 8 heteroatoms. The minimum atomic E-state index is -0.304. The van der Waals surface area contributed by atoms with Crippen molar-refractivity contribution in [3.05, 3.63) is 83.0 Å². The van der Waals surface area contributed by atoms with Gasteiger partial charge in [0.2, 0.25) is 0 Å². The first kappa shape index (κ1) is 24.8. The van der Waals surface area contributed by atoms with Crippen LogP contribution in [0.4, 0.5) is 17.2 Å². The Labute approximate surface area is 217 Å². The molecule has 8 nitrogen and oxygen atoms in total. The molecule has 3 heterocycles. The lowest BCUT2D eigenvalue weighted by Gasteiger charge is -2.36. The Balaban J connectivity index is 1.21. The topological polar surface area (TPSA) is 97.8 Å². The molecule has 5 rings (SSSR count). The molecular weight excluding hydrogens is 466 g/mol. The number of carbonyl (C=O) groups excluding carboxylic acids is 2. The number of aliphatic hydroxyl groups excluding tert-OH is 1. The number of rotatable bonds is 6. The first-order chi connectivity index (χ1) is 17.9. The van der Waals surface area contributed by atoms with Gasteiger partial charge in [0.25, 0.3) is 11.8 Å². The van der Waals surface area contributed by atoms with E-state index in [0.717, 1.165) is 29.9 Å². The van der Waals surface area contributed by atoms with Crippen LogP contribution in [-0.4, -0.2) is 66.1 Å². The monoisotopic (exact) mass is 499 g/mol. The van der Waals surface area contributed by atoms with Gasteiger partial charge in [0, 0.05) is 50.0 Å². The highest BCUT2D eigenvalue weighted by Crippen LogP contribution is 2.30. The molecule has 0 spiro atoms. The Bertz CT molecular complexity index is 1260. The van der Waals surface area contributed by atoms with Gasteiger partial charge in [0.05, 0.1) is 18.0 Å². The van der Waals surface area contributed by atoms with Gasteiger partial charge >= 0.3 is 0 Å². The highest BCUT2D eigenvalue weighted by Gasteiger charge is 2.26. The smallest absolute Gasteiger partial charge is 0.255 e. The maximum absolute atomic E-state index is 13.3. The maximum Gasteiger partial charge on any atom is 0.255 e. The number of aromatic nitrogens is 1. The third-order valence-electron chi connectivity index (χ3n) is 7.37. The van der Waals surface area contributed by atoms with Crippen molar-refractivity contribution in [1.29, 1.82) is 0 Å². The number of nitrogens with zero attached hydrogens (tertiary/aromatic N) is 3. The summed E-state index contributed by atoms with van der Waals surface area (Å²) in [5.74, 6) is 0.900. The van der Waals surface area contributed by atoms with E-state index < -0.39 is 0 Å². The molecule has 0 atom stereocenters. The number of piperidine rings is 1. The number of pyridine rings is 1.